The summed E-state index contributed by atoms with van der Waals surface area (Å²) in [5, 5.41) is 0.467. The first-order valence-electron chi connectivity index (χ1n) is 5.53. The number of sulfonamides is 1. The molecule has 0 radical (unpaired) electrons. The van der Waals surface area contributed by atoms with Crippen molar-refractivity contribution < 1.29 is 8.42 Å². The molecule has 0 aliphatic carbocycles. The molecule has 20 heavy (non-hydrogen) atoms. The van der Waals surface area contributed by atoms with E-state index >= 15 is 0 Å². The SMILES string of the molecule is Cc1ccc(NS(=O)(=O)c2ccc(Cl)c(Br)c2)cc1I. The molecule has 3 nitrogen and oxygen atoms in total. The van der Waals surface area contributed by atoms with E-state index in [2.05, 4.69) is 43.2 Å². The summed E-state index contributed by atoms with van der Waals surface area (Å²) in [4.78, 5) is 0.157. The quantitative estimate of drug-likeness (QED) is 0.633. The molecule has 0 aliphatic rings. The normalized spacial score (nSPS) is 11.4. The molecule has 2 aromatic carbocycles. The summed E-state index contributed by atoms with van der Waals surface area (Å²) in [6.45, 7) is 1.97. The predicted molar refractivity (Wildman–Crippen MR) is 93.9 cm³/mol. The van der Waals surface area contributed by atoms with E-state index in [1.807, 2.05) is 13.0 Å². The van der Waals surface area contributed by atoms with Gasteiger partial charge in [-0.3, -0.25) is 4.72 Å². The van der Waals surface area contributed by atoms with Gasteiger partial charge < -0.3 is 0 Å². The van der Waals surface area contributed by atoms with Crippen LogP contribution >= 0.6 is 50.1 Å². The second kappa shape index (κ2) is 6.21. The molecule has 2 aromatic rings. The Morgan fingerprint density at radius 2 is 1.90 bits per heavy atom. The molecular weight excluding hydrogens is 476 g/mol. The molecule has 0 saturated heterocycles. The zero-order valence-corrected chi connectivity index (χ0v) is 15.6. The summed E-state index contributed by atoms with van der Waals surface area (Å²) in [5.74, 6) is 0. The van der Waals surface area contributed by atoms with Gasteiger partial charge in [-0.05, 0) is 81.3 Å². The lowest BCUT2D eigenvalue weighted by Crippen LogP contribution is -2.13. The minimum Gasteiger partial charge on any atom is -0.280 e. The first-order chi connectivity index (χ1) is 9.29. The highest BCUT2D eigenvalue weighted by Crippen LogP contribution is 2.27. The Bertz CT molecular complexity index is 765. The lowest BCUT2D eigenvalue weighted by atomic mass is 10.2. The van der Waals surface area contributed by atoms with Crippen molar-refractivity contribution in [2.24, 2.45) is 0 Å². The molecule has 106 valence electrons. The molecule has 0 unspecified atom stereocenters. The van der Waals surface area contributed by atoms with E-state index in [0.717, 1.165) is 9.13 Å². The number of aryl methyl sites for hydroxylation is 1. The van der Waals surface area contributed by atoms with Gasteiger partial charge in [0.05, 0.1) is 9.92 Å². The molecule has 0 saturated carbocycles. The molecule has 0 bridgehead atoms. The number of hydrogen-bond donors (Lipinski definition) is 1. The van der Waals surface area contributed by atoms with Gasteiger partial charge in [-0.15, -0.1) is 0 Å². The van der Waals surface area contributed by atoms with Gasteiger partial charge in [-0.25, -0.2) is 8.42 Å². The average Bonchev–Trinajstić information content (AvgIpc) is 2.37. The van der Waals surface area contributed by atoms with Crippen LogP contribution in [0.1, 0.15) is 5.56 Å². The highest BCUT2D eigenvalue weighted by Gasteiger charge is 2.15. The maximum Gasteiger partial charge on any atom is 0.261 e. The summed E-state index contributed by atoms with van der Waals surface area (Å²) in [6, 6.07) is 9.88. The largest absolute Gasteiger partial charge is 0.280 e. The third-order valence-corrected chi connectivity index (χ3v) is 6.38. The van der Waals surface area contributed by atoms with Gasteiger partial charge in [0.15, 0.2) is 0 Å². The van der Waals surface area contributed by atoms with Crippen molar-refractivity contribution in [2.45, 2.75) is 11.8 Å². The Balaban J connectivity index is 2.35. The van der Waals surface area contributed by atoms with Crippen LogP contribution in [0.5, 0.6) is 0 Å². The van der Waals surface area contributed by atoms with E-state index < -0.39 is 10.0 Å². The number of hydrogen-bond acceptors (Lipinski definition) is 2. The van der Waals surface area contributed by atoms with Crippen LogP contribution in [0.2, 0.25) is 5.02 Å². The first kappa shape index (κ1) is 16.1. The van der Waals surface area contributed by atoms with Crippen LogP contribution in [0, 0.1) is 10.5 Å². The molecule has 2 rings (SSSR count). The second-order valence-electron chi connectivity index (χ2n) is 4.15. The van der Waals surface area contributed by atoms with E-state index in [1.165, 1.54) is 12.1 Å². The maximum absolute atomic E-state index is 12.3. The van der Waals surface area contributed by atoms with E-state index in [4.69, 9.17) is 11.6 Å². The molecular formula is C13H10BrClINO2S. The van der Waals surface area contributed by atoms with Crippen LogP contribution in [0.15, 0.2) is 45.8 Å². The molecule has 0 atom stereocenters. The Morgan fingerprint density at radius 1 is 1.20 bits per heavy atom. The summed E-state index contributed by atoms with van der Waals surface area (Å²) in [6.07, 6.45) is 0. The number of benzene rings is 2. The minimum atomic E-state index is -3.62. The molecule has 0 heterocycles. The Kier molecular flexibility index (Phi) is 4.99. The molecule has 0 aliphatic heterocycles. The van der Waals surface area contributed by atoms with Crippen LogP contribution in [-0.2, 0) is 10.0 Å². The smallest absolute Gasteiger partial charge is 0.261 e. The van der Waals surface area contributed by atoms with E-state index in [1.54, 1.807) is 18.2 Å². The van der Waals surface area contributed by atoms with E-state index in [0.29, 0.717) is 15.2 Å². The van der Waals surface area contributed by atoms with Crippen LogP contribution in [0.4, 0.5) is 5.69 Å². The standard InChI is InChI=1S/C13H10BrClINO2S/c1-8-2-3-9(6-13(8)16)17-20(18,19)10-4-5-12(15)11(14)7-10/h2-7,17H,1H3. The van der Waals surface area contributed by atoms with Crippen molar-refractivity contribution in [3.63, 3.8) is 0 Å². The third-order valence-electron chi connectivity index (χ3n) is 2.63. The van der Waals surface area contributed by atoms with Crippen molar-refractivity contribution in [3.05, 3.63) is 55.0 Å². The van der Waals surface area contributed by atoms with Gasteiger partial charge in [-0.1, -0.05) is 17.7 Å². The highest BCUT2D eigenvalue weighted by molar-refractivity contribution is 14.1. The van der Waals surface area contributed by atoms with Gasteiger partial charge in [0.25, 0.3) is 10.0 Å². The highest BCUT2D eigenvalue weighted by atomic mass is 127. The third kappa shape index (κ3) is 3.66. The number of rotatable bonds is 3. The van der Waals surface area contributed by atoms with Gasteiger partial charge in [0.1, 0.15) is 0 Å². The van der Waals surface area contributed by atoms with Crippen molar-refractivity contribution in [1.29, 1.82) is 0 Å². The van der Waals surface area contributed by atoms with Crippen LogP contribution in [0.25, 0.3) is 0 Å². The van der Waals surface area contributed by atoms with Gasteiger partial charge >= 0.3 is 0 Å². The van der Waals surface area contributed by atoms with Gasteiger partial charge in [-0.2, -0.15) is 0 Å². The van der Waals surface area contributed by atoms with Crippen LogP contribution < -0.4 is 4.72 Å². The lowest BCUT2D eigenvalue weighted by molar-refractivity contribution is 0.601. The summed E-state index contributed by atoms with van der Waals surface area (Å²) in [7, 11) is -3.62. The van der Waals surface area contributed by atoms with Crippen molar-refractivity contribution in [1.82, 2.24) is 0 Å². The summed E-state index contributed by atoms with van der Waals surface area (Å²) in [5.41, 5.74) is 1.63. The number of nitrogens with one attached hydrogen (secondary N) is 1. The Morgan fingerprint density at radius 3 is 2.50 bits per heavy atom. The average molecular weight is 487 g/mol. The lowest BCUT2D eigenvalue weighted by Gasteiger charge is -2.10. The summed E-state index contributed by atoms with van der Waals surface area (Å²) < 4.78 is 28.7. The van der Waals surface area contributed by atoms with Crippen LogP contribution in [-0.4, -0.2) is 8.42 Å². The molecule has 1 N–H and O–H groups in total. The first-order valence-corrected chi connectivity index (χ1v) is 9.27. The molecule has 7 heteroatoms. The van der Waals surface area contributed by atoms with Crippen molar-refractivity contribution in [3.8, 4) is 0 Å². The molecule has 0 aromatic heterocycles. The fourth-order valence-corrected chi connectivity index (χ4v) is 3.75. The van der Waals surface area contributed by atoms with E-state index in [-0.39, 0.29) is 4.90 Å². The number of halogens is 3. The predicted octanol–water partition coefficient (Wildman–Crippen LogP) is 4.82. The fraction of sp³-hybridized carbons (Fsp3) is 0.0769. The molecule has 0 spiro atoms. The second-order valence-corrected chi connectivity index (χ2v) is 8.25. The molecule has 0 fully saturated rings. The van der Waals surface area contributed by atoms with E-state index in [9.17, 15) is 8.42 Å². The topological polar surface area (TPSA) is 46.2 Å². The summed E-state index contributed by atoms with van der Waals surface area (Å²) >= 11 is 11.3. The maximum atomic E-state index is 12.3. The fourth-order valence-electron chi connectivity index (χ4n) is 1.51. The Labute approximate surface area is 145 Å². The van der Waals surface area contributed by atoms with Gasteiger partial charge in [0.2, 0.25) is 0 Å². The zero-order chi connectivity index (χ0) is 14.9. The van der Waals surface area contributed by atoms with Crippen molar-refractivity contribution in [2.75, 3.05) is 4.72 Å². The molecule has 0 amide bonds. The van der Waals surface area contributed by atoms with Crippen molar-refractivity contribution >= 4 is 65.8 Å². The van der Waals surface area contributed by atoms with Gasteiger partial charge in [0, 0.05) is 13.7 Å². The Hall–Kier alpha value is -0.310. The number of anilines is 1. The monoisotopic (exact) mass is 485 g/mol. The zero-order valence-electron chi connectivity index (χ0n) is 10.3. The van der Waals surface area contributed by atoms with Crippen LogP contribution in [0.3, 0.4) is 0 Å². The minimum absolute atomic E-state index is 0.157.